The van der Waals surface area contributed by atoms with Gasteiger partial charge in [0.25, 0.3) is 0 Å². The first-order chi connectivity index (χ1) is 9.28. The van der Waals surface area contributed by atoms with Gasteiger partial charge >= 0.3 is 0 Å². The van der Waals surface area contributed by atoms with Crippen LogP contribution >= 0.6 is 0 Å². The molecule has 96 valence electrons. The molecule has 2 N–H and O–H groups in total. The number of benzene rings is 1. The van der Waals surface area contributed by atoms with Gasteiger partial charge in [0.15, 0.2) is 0 Å². The summed E-state index contributed by atoms with van der Waals surface area (Å²) in [6.07, 6.45) is 2.29. The van der Waals surface area contributed by atoms with Gasteiger partial charge in [0, 0.05) is 12.0 Å². The Morgan fingerprint density at radius 3 is 2.63 bits per heavy atom. The summed E-state index contributed by atoms with van der Waals surface area (Å²) in [6.45, 7) is 2.59. The fourth-order valence-corrected chi connectivity index (χ4v) is 2.07. The first-order valence-corrected chi connectivity index (χ1v) is 6.29. The van der Waals surface area contributed by atoms with Crippen LogP contribution in [-0.4, -0.2) is 16.5 Å². The van der Waals surface area contributed by atoms with Crippen LogP contribution in [0, 0.1) is 6.92 Å². The van der Waals surface area contributed by atoms with Crippen LogP contribution in [0.1, 0.15) is 11.4 Å². The van der Waals surface area contributed by atoms with Crippen molar-refractivity contribution in [2.45, 2.75) is 13.3 Å². The Bertz CT molecular complexity index is 701. The molecule has 0 aliphatic carbocycles. The zero-order chi connectivity index (χ0) is 13.2. The minimum absolute atomic E-state index is 0.527. The molecule has 0 aliphatic rings. The lowest BCUT2D eigenvalue weighted by molar-refractivity contribution is 0.599. The first-order valence-electron chi connectivity index (χ1n) is 6.29. The molecule has 0 saturated carbocycles. The van der Waals surface area contributed by atoms with E-state index >= 15 is 0 Å². The van der Waals surface area contributed by atoms with Gasteiger partial charge in [0.1, 0.15) is 5.82 Å². The molecule has 0 aliphatic heterocycles. The standard InChI is InChI=1S/C15H15N3O/c1-10-2-4-11(5-3-10)14-12-7-9-19-15(12)18-13(17-14)6-8-16/h2-5,7,9H,6,8,16H2,1H3. The molecule has 0 atom stereocenters. The number of hydrogen-bond acceptors (Lipinski definition) is 4. The summed E-state index contributed by atoms with van der Waals surface area (Å²) >= 11 is 0. The van der Waals surface area contributed by atoms with Gasteiger partial charge in [-0.2, -0.15) is 4.98 Å². The van der Waals surface area contributed by atoms with E-state index in [1.807, 2.05) is 6.07 Å². The molecule has 19 heavy (non-hydrogen) atoms. The highest BCUT2D eigenvalue weighted by Gasteiger charge is 2.11. The number of rotatable bonds is 3. The van der Waals surface area contributed by atoms with E-state index in [1.165, 1.54) is 5.56 Å². The van der Waals surface area contributed by atoms with E-state index in [0.29, 0.717) is 18.7 Å². The lowest BCUT2D eigenvalue weighted by Gasteiger charge is -2.05. The molecule has 3 aromatic rings. The minimum Gasteiger partial charge on any atom is -0.446 e. The minimum atomic E-state index is 0.527. The number of fused-ring (bicyclic) bond motifs is 1. The number of nitrogens with zero attached hydrogens (tertiary/aromatic N) is 2. The Morgan fingerprint density at radius 2 is 1.89 bits per heavy atom. The molecule has 0 bridgehead atoms. The molecular formula is C15H15N3O. The fraction of sp³-hybridized carbons (Fsp3) is 0.200. The first kappa shape index (κ1) is 11.9. The molecule has 0 unspecified atom stereocenters. The molecule has 3 rings (SSSR count). The molecule has 0 spiro atoms. The van der Waals surface area contributed by atoms with Crippen LogP contribution in [0.3, 0.4) is 0 Å². The van der Waals surface area contributed by atoms with Gasteiger partial charge in [-0.15, -0.1) is 0 Å². The van der Waals surface area contributed by atoms with E-state index in [0.717, 1.165) is 22.5 Å². The zero-order valence-electron chi connectivity index (χ0n) is 10.8. The van der Waals surface area contributed by atoms with Crippen molar-refractivity contribution in [3.8, 4) is 11.3 Å². The molecule has 4 heteroatoms. The lowest BCUT2D eigenvalue weighted by atomic mass is 10.1. The van der Waals surface area contributed by atoms with Crippen molar-refractivity contribution in [2.75, 3.05) is 6.54 Å². The van der Waals surface area contributed by atoms with E-state index in [2.05, 4.69) is 41.2 Å². The molecular weight excluding hydrogens is 238 g/mol. The molecule has 2 aromatic heterocycles. The second-order valence-electron chi connectivity index (χ2n) is 4.53. The molecule has 0 radical (unpaired) electrons. The third-order valence-corrected chi connectivity index (χ3v) is 3.06. The van der Waals surface area contributed by atoms with E-state index in [9.17, 15) is 0 Å². The maximum Gasteiger partial charge on any atom is 0.229 e. The molecule has 0 saturated heterocycles. The average molecular weight is 253 g/mol. The Balaban J connectivity index is 2.20. The largest absolute Gasteiger partial charge is 0.446 e. The number of aryl methyl sites for hydroxylation is 1. The third-order valence-electron chi connectivity index (χ3n) is 3.06. The molecule has 0 fully saturated rings. The Hall–Kier alpha value is -2.20. The summed E-state index contributed by atoms with van der Waals surface area (Å²) in [7, 11) is 0. The predicted molar refractivity (Wildman–Crippen MR) is 74.7 cm³/mol. The fourth-order valence-electron chi connectivity index (χ4n) is 2.07. The van der Waals surface area contributed by atoms with Crippen molar-refractivity contribution >= 4 is 11.1 Å². The highest BCUT2D eigenvalue weighted by atomic mass is 16.3. The van der Waals surface area contributed by atoms with Crippen molar-refractivity contribution < 1.29 is 4.42 Å². The molecule has 2 heterocycles. The lowest BCUT2D eigenvalue weighted by Crippen LogP contribution is -2.07. The predicted octanol–water partition coefficient (Wildman–Crippen LogP) is 2.70. The highest BCUT2D eigenvalue weighted by molar-refractivity contribution is 5.89. The van der Waals surface area contributed by atoms with Crippen molar-refractivity contribution in [3.63, 3.8) is 0 Å². The van der Waals surface area contributed by atoms with Crippen LogP contribution in [0.4, 0.5) is 0 Å². The van der Waals surface area contributed by atoms with Crippen molar-refractivity contribution in [1.82, 2.24) is 9.97 Å². The Morgan fingerprint density at radius 1 is 1.11 bits per heavy atom. The van der Waals surface area contributed by atoms with Gasteiger partial charge in [0.05, 0.1) is 17.3 Å². The summed E-state index contributed by atoms with van der Waals surface area (Å²) in [6, 6.07) is 10.2. The summed E-state index contributed by atoms with van der Waals surface area (Å²) < 4.78 is 5.40. The maximum atomic E-state index is 5.58. The number of aromatic nitrogens is 2. The van der Waals surface area contributed by atoms with Gasteiger partial charge in [-0.3, -0.25) is 0 Å². The third kappa shape index (κ3) is 2.22. The van der Waals surface area contributed by atoms with Gasteiger partial charge in [0.2, 0.25) is 5.71 Å². The normalized spacial score (nSPS) is 11.1. The summed E-state index contributed by atoms with van der Waals surface area (Å²) in [5, 5.41) is 0.935. The molecule has 1 aromatic carbocycles. The second kappa shape index (κ2) is 4.82. The van der Waals surface area contributed by atoms with Crippen molar-refractivity contribution in [3.05, 3.63) is 48.0 Å². The summed E-state index contributed by atoms with van der Waals surface area (Å²) in [5.41, 5.74) is 9.39. The van der Waals surface area contributed by atoms with Crippen LogP contribution in [0.2, 0.25) is 0 Å². The summed E-state index contributed by atoms with van der Waals surface area (Å²) in [4.78, 5) is 8.98. The van der Waals surface area contributed by atoms with Crippen molar-refractivity contribution in [1.29, 1.82) is 0 Å². The van der Waals surface area contributed by atoms with Gasteiger partial charge < -0.3 is 10.2 Å². The van der Waals surface area contributed by atoms with Crippen LogP contribution < -0.4 is 5.73 Å². The number of nitrogens with two attached hydrogens (primary N) is 1. The van der Waals surface area contributed by atoms with E-state index < -0.39 is 0 Å². The summed E-state index contributed by atoms with van der Waals surface area (Å²) in [5.74, 6) is 0.723. The van der Waals surface area contributed by atoms with E-state index in [4.69, 9.17) is 10.2 Å². The molecule has 0 amide bonds. The Kier molecular flexibility index (Phi) is 3.01. The van der Waals surface area contributed by atoms with E-state index in [-0.39, 0.29) is 0 Å². The number of furan rings is 1. The van der Waals surface area contributed by atoms with Crippen LogP contribution in [0.5, 0.6) is 0 Å². The quantitative estimate of drug-likeness (QED) is 0.779. The SMILES string of the molecule is Cc1ccc(-c2nc(CCN)nc3occc23)cc1. The second-order valence-corrected chi connectivity index (χ2v) is 4.53. The van der Waals surface area contributed by atoms with Crippen LogP contribution in [0.15, 0.2) is 41.0 Å². The van der Waals surface area contributed by atoms with Crippen LogP contribution in [-0.2, 0) is 6.42 Å². The highest BCUT2D eigenvalue weighted by Crippen LogP contribution is 2.27. The monoisotopic (exact) mass is 253 g/mol. The van der Waals surface area contributed by atoms with Crippen LogP contribution in [0.25, 0.3) is 22.4 Å². The Labute approximate surface area is 111 Å². The van der Waals surface area contributed by atoms with Gasteiger partial charge in [-0.25, -0.2) is 4.98 Å². The number of hydrogen-bond donors (Lipinski definition) is 1. The van der Waals surface area contributed by atoms with Crippen molar-refractivity contribution in [2.24, 2.45) is 5.73 Å². The smallest absolute Gasteiger partial charge is 0.229 e. The average Bonchev–Trinajstić information content (AvgIpc) is 2.87. The zero-order valence-corrected chi connectivity index (χ0v) is 10.8. The van der Waals surface area contributed by atoms with Gasteiger partial charge in [-0.05, 0) is 19.5 Å². The van der Waals surface area contributed by atoms with Gasteiger partial charge in [-0.1, -0.05) is 29.8 Å². The van der Waals surface area contributed by atoms with E-state index in [1.54, 1.807) is 6.26 Å². The maximum absolute atomic E-state index is 5.58. The topological polar surface area (TPSA) is 64.9 Å². The molecule has 4 nitrogen and oxygen atoms in total.